The van der Waals surface area contributed by atoms with Crippen LogP contribution in [0.1, 0.15) is 39.0 Å². The van der Waals surface area contributed by atoms with E-state index >= 15 is 0 Å². The maximum Gasteiger partial charge on any atom is 0.439 e. The number of alkyl halides is 3. The van der Waals surface area contributed by atoms with Gasteiger partial charge < -0.3 is 9.47 Å². The standard InChI is InChI=1S/C27H27ClF3N7O2/c1-13-2-4-14(5-3-13)12-38-23-18(34-25(38)37-7-6-17-20(22(17)37)27(29,30)31)9-19(24-35-26(39)40-36-24)33-21(23)15-8-16(28)11-32-10-15/h8-11,13-14,17,20,22H,2-7,12H2,1H3,(H,35,36,39)/t13-,14-,17?,20?,22?. The number of H-pyrrole nitrogens is 1. The van der Waals surface area contributed by atoms with Gasteiger partial charge in [-0.1, -0.05) is 36.5 Å². The summed E-state index contributed by atoms with van der Waals surface area (Å²) in [6, 6.07) is 2.81. The van der Waals surface area contributed by atoms with Crippen LogP contribution in [0.15, 0.2) is 33.8 Å². The molecule has 5 heterocycles. The average Bonchev–Trinajstić information content (AvgIpc) is 3.18. The zero-order valence-corrected chi connectivity index (χ0v) is 22.4. The molecule has 0 spiro atoms. The van der Waals surface area contributed by atoms with E-state index in [1.807, 2.05) is 4.90 Å². The van der Waals surface area contributed by atoms with E-state index in [0.717, 1.165) is 25.7 Å². The Morgan fingerprint density at radius 1 is 1.12 bits per heavy atom. The van der Waals surface area contributed by atoms with Gasteiger partial charge in [-0.15, -0.1) is 0 Å². The van der Waals surface area contributed by atoms with Crippen molar-refractivity contribution in [3.05, 3.63) is 40.1 Å². The summed E-state index contributed by atoms with van der Waals surface area (Å²) in [5, 5.41) is 4.20. The minimum Gasteiger partial charge on any atom is -0.338 e. The van der Waals surface area contributed by atoms with Gasteiger partial charge in [0.05, 0.1) is 27.7 Å². The number of hydrogen-bond acceptors (Lipinski definition) is 7. The second-order valence-corrected chi connectivity index (χ2v) is 11.8. The lowest BCUT2D eigenvalue weighted by molar-refractivity contribution is -0.153. The molecule has 40 heavy (non-hydrogen) atoms. The van der Waals surface area contributed by atoms with Crippen LogP contribution in [0, 0.1) is 23.7 Å². The van der Waals surface area contributed by atoms with Crippen molar-refractivity contribution in [1.82, 2.24) is 29.7 Å². The highest BCUT2D eigenvalue weighted by Crippen LogP contribution is 2.59. The first-order chi connectivity index (χ1) is 19.2. The fourth-order valence-corrected chi connectivity index (χ4v) is 6.92. The molecule has 0 radical (unpaired) electrons. The number of fused-ring (bicyclic) bond motifs is 2. The number of anilines is 1. The van der Waals surface area contributed by atoms with Crippen molar-refractivity contribution in [2.45, 2.75) is 57.8 Å². The molecule has 0 aromatic carbocycles. The maximum absolute atomic E-state index is 13.8. The van der Waals surface area contributed by atoms with Gasteiger partial charge in [0.15, 0.2) is 0 Å². The van der Waals surface area contributed by atoms with Gasteiger partial charge in [-0.3, -0.25) is 14.5 Å². The van der Waals surface area contributed by atoms with E-state index in [4.69, 9.17) is 26.1 Å². The third-order valence-corrected chi connectivity index (χ3v) is 8.97. The molecule has 3 atom stereocenters. The quantitative estimate of drug-likeness (QED) is 0.326. The first-order valence-electron chi connectivity index (χ1n) is 13.6. The van der Waals surface area contributed by atoms with Crippen LogP contribution in [0.4, 0.5) is 19.1 Å². The summed E-state index contributed by atoms with van der Waals surface area (Å²) < 4.78 is 48.2. The first-order valence-corrected chi connectivity index (χ1v) is 14.0. The molecule has 3 unspecified atom stereocenters. The monoisotopic (exact) mass is 573 g/mol. The maximum atomic E-state index is 13.8. The topological polar surface area (TPSA) is 106 Å². The molecule has 0 amide bonds. The fraction of sp³-hybridized carbons (Fsp3) is 0.519. The molecule has 9 nitrogen and oxygen atoms in total. The lowest BCUT2D eigenvalue weighted by Crippen LogP contribution is -2.32. The summed E-state index contributed by atoms with van der Waals surface area (Å²) in [6.45, 7) is 3.39. The highest BCUT2D eigenvalue weighted by atomic mass is 35.5. The van der Waals surface area contributed by atoms with Crippen LogP contribution < -0.4 is 10.7 Å². The highest BCUT2D eigenvalue weighted by Gasteiger charge is 2.69. The minimum absolute atomic E-state index is 0.126. The summed E-state index contributed by atoms with van der Waals surface area (Å²) in [4.78, 5) is 30.1. The Morgan fingerprint density at radius 2 is 1.93 bits per heavy atom. The molecule has 1 saturated heterocycles. The van der Waals surface area contributed by atoms with Gasteiger partial charge >= 0.3 is 11.9 Å². The van der Waals surface area contributed by atoms with E-state index in [1.54, 1.807) is 18.3 Å². The lowest BCUT2D eigenvalue weighted by Gasteiger charge is -2.29. The minimum atomic E-state index is -4.24. The van der Waals surface area contributed by atoms with E-state index in [0.29, 0.717) is 70.3 Å². The number of nitrogens with one attached hydrogen (secondary N) is 1. The molecule has 0 bridgehead atoms. The Bertz CT molecular complexity index is 1640. The van der Waals surface area contributed by atoms with Crippen LogP contribution in [-0.4, -0.2) is 48.4 Å². The van der Waals surface area contributed by atoms with Crippen molar-refractivity contribution in [3.8, 4) is 22.8 Å². The average molecular weight is 574 g/mol. The second-order valence-electron chi connectivity index (χ2n) is 11.4. The largest absolute Gasteiger partial charge is 0.439 e. The van der Waals surface area contributed by atoms with E-state index < -0.39 is 29.8 Å². The van der Waals surface area contributed by atoms with Crippen LogP contribution >= 0.6 is 11.6 Å². The van der Waals surface area contributed by atoms with Crippen LogP contribution in [0.5, 0.6) is 0 Å². The number of aromatic amines is 1. The molecular weight excluding hydrogens is 547 g/mol. The van der Waals surface area contributed by atoms with E-state index in [-0.39, 0.29) is 5.82 Å². The molecule has 2 aliphatic carbocycles. The van der Waals surface area contributed by atoms with Gasteiger partial charge in [0, 0.05) is 37.1 Å². The van der Waals surface area contributed by atoms with Crippen molar-refractivity contribution >= 4 is 28.6 Å². The third kappa shape index (κ3) is 4.36. The van der Waals surface area contributed by atoms with Crippen molar-refractivity contribution in [2.24, 2.45) is 23.7 Å². The Labute approximate surface area is 231 Å². The Kier molecular flexibility index (Phi) is 5.95. The predicted octanol–water partition coefficient (Wildman–Crippen LogP) is 5.70. The zero-order valence-electron chi connectivity index (χ0n) is 21.7. The summed E-state index contributed by atoms with van der Waals surface area (Å²) in [6.07, 6.45) is 3.70. The van der Waals surface area contributed by atoms with Crippen molar-refractivity contribution in [2.75, 3.05) is 11.4 Å². The predicted molar refractivity (Wildman–Crippen MR) is 142 cm³/mol. The number of halogens is 4. The number of aromatic nitrogens is 6. The highest BCUT2D eigenvalue weighted by molar-refractivity contribution is 6.30. The number of rotatable bonds is 5. The van der Waals surface area contributed by atoms with Crippen molar-refractivity contribution in [3.63, 3.8) is 0 Å². The summed E-state index contributed by atoms with van der Waals surface area (Å²) in [5.74, 6) is -0.797. The Hall–Kier alpha value is -3.41. The number of hydrogen-bond donors (Lipinski definition) is 1. The van der Waals surface area contributed by atoms with E-state index in [1.165, 1.54) is 6.20 Å². The molecule has 4 aromatic heterocycles. The zero-order chi connectivity index (χ0) is 27.8. The summed E-state index contributed by atoms with van der Waals surface area (Å²) >= 11 is 6.30. The Morgan fingerprint density at radius 3 is 2.60 bits per heavy atom. The summed E-state index contributed by atoms with van der Waals surface area (Å²) in [5.41, 5.74) is 2.67. The number of nitrogens with zero attached hydrogens (tertiary/aromatic N) is 6. The van der Waals surface area contributed by atoms with Crippen LogP contribution in [0.3, 0.4) is 0 Å². The van der Waals surface area contributed by atoms with E-state index in [9.17, 15) is 18.0 Å². The normalized spacial score (nSPS) is 26.4. The number of imidazole rings is 1. The van der Waals surface area contributed by atoms with Crippen molar-refractivity contribution < 1.29 is 17.7 Å². The van der Waals surface area contributed by atoms with Crippen molar-refractivity contribution in [1.29, 1.82) is 0 Å². The molecule has 1 aliphatic heterocycles. The third-order valence-electron chi connectivity index (χ3n) is 8.77. The molecule has 7 rings (SSSR count). The van der Waals surface area contributed by atoms with Gasteiger partial charge in [-0.2, -0.15) is 13.2 Å². The molecule has 4 aromatic rings. The number of pyridine rings is 2. The first kappa shape index (κ1) is 25.6. The van der Waals surface area contributed by atoms with E-state index in [2.05, 4.69) is 26.6 Å². The molecule has 3 aliphatic rings. The summed E-state index contributed by atoms with van der Waals surface area (Å²) in [7, 11) is 0. The van der Waals surface area contributed by atoms with Crippen LogP contribution in [0.25, 0.3) is 33.8 Å². The number of piperidine rings is 1. The fourth-order valence-electron chi connectivity index (χ4n) is 6.75. The van der Waals surface area contributed by atoms with Gasteiger partial charge in [-0.05, 0) is 49.1 Å². The molecule has 3 fully saturated rings. The smallest absolute Gasteiger partial charge is 0.338 e. The van der Waals surface area contributed by atoms with Gasteiger partial charge in [-0.25, -0.2) is 14.8 Å². The van der Waals surface area contributed by atoms with Crippen LogP contribution in [0.2, 0.25) is 5.02 Å². The Balaban J connectivity index is 1.42. The molecule has 2 saturated carbocycles. The SMILES string of the molecule is C[C@H]1CC[C@H](Cn2c(N3CCC4C3C4C(F)(F)F)nc3cc(-c4noc(=O)[nH]4)nc(-c4cncc(Cl)c4)c32)CC1. The van der Waals surface area contributed by atoms with Gasteiger partial charge in [0.1, 0.15) is 5.69 Å². The van der Waals surface area contributed by atoms with Gasteiger partial charge in [0.2, 0.25) is 11.8 Å². The molecule has 13 heteroatoms. The molecule has 210 valence electrons. The lowest BCUT2D eigenvalue weighted by atomic mass is 9.83. The van der Waals surface area contributed by atoms with Gasteiger partial charge in [0.25, 0.3) is 0 Å². The second kappa shape index (κ2) is 9.32. The van der Waals surface area contributed by atoms with Crippen LogP contribution in [-0.2, 0) is 6.54 Å². The molecular formula is C27H27ClF3N7O2. The molecule has 1 N–H and O–H groups in total.